The molecule has 0 spiro atoms. The zero-order valence-electron chi connectivity index (χ0n) is 9.87. The number of methoxy groups -OCH3 is 1. The number of aryl methyl sites for hydroxylation is 1. The smallest absolute Gasteiger partial charge is 0.119 e. The van der Waals surface area contributed by atoms with E-state index in [-0.39, 0.29) is 5.41 Å². The first kappa shape index (κ1) is 10.5. The molecule has 82 valence electrons. The molecule has 15 heavy (non-hydrogen) atoms. The van der Waals surface area contributed by atoms with Crippen LogP contribution in [0.3, 0.4) is 0 Å². The fraction of sp³-hybridized carbons (Fsp3) is 0.538. The lowest BCUT2D eigenvalue weighted by Crippen LogP contribution is -2.06. The van der Waals surface area contributed by atoms with E-state index in [4.69, 9.17) is 10.5 Å². The minimum atomic E-state index is 0.249. The van der Waals surface area contributed by atoms with Gasteiger partial charge in [-0.05, 0) is 35.6 Å². The molecule has 1 fully saturated rings. The predicted molar refractivity (Wildman–Crippen MR) is 62.2 cm³/mol. The van der Waals surface area contributed by atoms with E-state index in [0.29, 0.717) is 12.0 Å². The van der Waals surface area contributed by atoms with E-state index in [1.165, 1.54) is 11.1 Å². The highest BCUT2D eigenvalue weighted by molar-refractivity contribution is 5.43. The first-order valence-electron chi connectivity index (χ1n) is 5.38. The Morgan fingerprint density at radius 3 is 2.33 bits per heavy atom. The molecule has 0 aliphatic heterocycles. The van der Waals surface area contributed by atoms with Gasteiger partial charge in [0.05, 0.1) is 7.11 Å². The Morgan fingerprint density at radius 1 is 1.33 bits per heavy atom. The van der Waals surface area contributed by atoms with Gasteiger partial charge in [0.2, 0.25) is 0 Å². The summed E-state index contributed by atoms with van der Waals surface area (Å²) in [6.07, 6.45) is 0. The van der Waals surface area contributed by atoms with E-state index in [9.17, 15) is 0 Å². The molecular formula is C13H19NO. The van der Waals surface area contributed by atoms with Crippen LogP contribution in [0.5, 0.6) is 5.75 Å². The van der Waals surface area contributed by atoms with Crippen LogP contribution < -0.4 is 10.5 Å². The molecule has 1 aliphatic carbocycles. The molecule has 2 nitrogen and oxygen atoms in total. The van der Waals surface area contributed by atoms with Crippen LogP contribution in [0.4, 0.5) is 0 Å². The van der Waals surface area contributed by atoms with Crippen LogP contribution in [0.15, 0.2) is 18.2 Å². The molecule has 0 radical (unpaired) electrons. The van der Waals surface area contributed by atoms with Crippen molar-refractivity contribution in [2.24, 2.45) is 11.1 Å². The highest BCUT2D eigenvalue weighted by Gasteiger charge is 2.56. The van der Waals surface area contributed by atoms with Gasteiger partial charge in [0.1, 0.15) is 5.75 Å². The normalized spacial score (nSPS) is 27.5. The molecule has 1 aliphatic rings. The van der Waals surface area contributed by atoms with Crippen molar-refractivity contribution in [1.82, 2.24) is 0 Å². The van der Waals surface area contributed by atoms with Crippen LogP contribution >= 0.6 is 0 Å². The lowest BCUT2D eigenvalue weighted by Gasteiger charge is -2.09. The van der Waals surface area contributed by atoms with E-state index >= 15 is 0 Å². The van der Waals surface area contributed by atoms with Crippen molar-refractivity contribution in [1.29, 1.82) is 0 Å². The van der Waals surface area contributed by atoms with Gasteiger partial charge in [0, 0.05) is 12.0 Å². The Hall–Kier alpha value is -1.02. The van der Waals surface area contributed by atoms with Crippen molar-refractivity contribution in [3.8, 4) is 5.75 Å². The standard InChI is InChI=1S/C13H19NO/c1-8-7-9(15-4)5-6-10(8)11-12(14)13(11,2)3/h5-7,11-12H,14H2,1-4H3/t11-,12-/m0/s1. The molecule has 1 saturated carbocycles. The van der Waals surface area contributed by atoms with Gasteiger partial charge >= 0.3 is 0 Å². The van der Waals surface area contributed by atoms with Gasteiger partial charge in [-0.15, -0.1) is 0 Å². The SMILES string of the molecule is COc1ccc([C@H]2[C@H](N)C2(C)C)c(C)c1. The maximum absolute atomic E-state index is 6.08. The van der Waals surface area contributed by atoms with E-state index < -0.39 is 0 Å². The van der Waals surface area contributed by atoms with Crippen LogP contribution in [-0.4, -0.2) is 13.2 Å². The van der Waals surface area contributed by atoms with Crippen molar-refractivity contribution >= 4 is 0 Å². The Balaban J connectivity index is 2.32. The van der Waals surface area contributed by atoms with Crippen LogP contribution in [0, 0.1) is 12.3 Å². The molecule has 1 aromatic carbocycles. The molecule has 2 rings (SSSR count). The zero-order chi connectivity index (χ0) is 11.2. The Kier molecular flexibility index (Phi) is 2.27. The Bertz CT molecular complexity index is 384. The Labute approximate surface area is 91.4 Å². The van der Waals surface area contributed by atoms with Crippen LogP contribution in [0.25, 0.3) is 0 Å². The molecule has 0 aromatic heterocycles. The summed E-state index contributed by atoms with van der Waals surface area (Å²) in [5.41, 5.74) is 8.98. The number of hydrogen-bond donors (Lipinski definition) is 1. The largest absolute Gasteiger partial charge is 0.497 e. The monoisotopic (exact) mass is 205 g/mol. The summed E-state index contributed by atoms with van der Waals surface area (Å²) < 4.78 is 5.20. The minimum absolute atomic E-state index is 0.249. The maximum Gasteiger partial charge on any atom is 0.119 e. The molecular weight excluding hydrogens is 186 g/mol. The van der Waals surface area contributed by atoms with Gasteiger partial charge in [0.25, 0.3) is 0 Å². The summed E-state index contributed by atoms with van der Waals surface area (Å²) in [6.45, 7) is 6.58. The third kappa shape index (κ3) is 1.53. The summed E-state index contributed by atoms with van der Waals surface area (Å²) in [7, 11) is 1.70. The average Bonchev–Trinajstić information content (AvgIpc) is 2.67. The summed E-state index contributed by atoms with van der Waals surface area (Å²) in [5.74, 6) is 1.42. The molecule has 0 amide bonds. The Morgan fingerprint density at radius 2 is 1.93 bits per heavy atom. The number of rotatable bonds is 2. The molecule has 1 aromatic rings. The summed E-state index contributed by atoms with van der Waals surface area (Å²) in [5, 5.41) is 0. The molecule has 0 unspecified atom stereocenters. The molecule has 2 heteroatoms. The van der Waals surface area contributed by atoms with Crippen molar-refractivity contribution in [3.63, 3.8) is 0 Å². The van der Waals surface area contributed by atoms with Crippen LogP contribution in [-0.2, 0) is 0 Å². The third-order valence-electron chi connectivity index (χ3n) is 3.72. The van der Waals surface area contributed by atoms with Gasteiger partial charge in [0.15, 0.2) is 0 Å². The second-order valence-electron chi connectivity index (χ2n) is 5.05. The maximum atomic E-state index is 6.08. The lowest BCUT2D eigenvalue weighted by atomic mass is 9.99. The number of ether oxygens (including phenoxy) is 1. The highest BCUT2D eigenvalue weighted by atomic mass is 16.5. The van der Waals surface area contributed by atoms with Gasteiger partial charge < -0.3 is 10.5 Å². The zero-order valence-corrected chi connectivity index (χ0v) is 9.87. The lowest BCUT2D eigenvalue weighted by molar-refractivity contribution is 0.414. The second kappa shape index (κ2) is 3.24. The molecule has 0 saturated heterocycles. The topological polar surface area (TPSA) is 35.2 Å². The van der Waals surface area contributed by atoms with Crippen molar-refractivity contribution < 1.29 is 4.74 Å². The first-order valence-corrected chi connectivity index (χ1v) is 5.38. The molecule has 0 bridgehead atoms. The van der Waals surface area contributed by atoms with Gasteiger partial charge in [-0.25, -0.2) is 0 Å². The van der Waals surface area contributed by atoms with Crippen molar-refractivity contribution in [2.75, 3.05) is 7.11 Å². The van der Waals surface area contributed by atoms with Crippen LogP contribution in [0.2, 0.25) is 0 Å². The van der Waals surface area contributed by atoms with Gasteiger partial charge in [-0.2, -0.15) is 0 Å². The van der Waals surface area contributed by atoms with E-state index in [1.54, 1.807) is 7.11 Å². The van der Waals surface area contributed by atoms with Crippen LogP contribution in [0.1, 0.15) is 30.9 Å². The molecule has 2 N–H and O–H groups in total. The second-order valence-corrected chi connectivity index (χ2v) is 5.05. The number of benzene rings is 1. The highest BCUT2D eigenvalue weighted by Crippen LogP contribution is 2.58. The number of nitrogens with two attached hydrogens (primary N) is 1. The van der Waals surface area contributed by atoms with E-state index in [1.807, 2.05) is 6.07 Å². The number of hydrogen-bond acceptors (Lipinski definition) is 2. The predicted octanol–water partition coefficient (Wildman–Crippen LogP) is 2.45. The van der Waals surface area contributed by atoms with Crippen molar-refractivity contribution in [3.05, 3.63) is 29.3 Å². The first-order chi connectivity index (χ1) is 6.98. The van der Waals surface area contributed by atoms with E-state index in [2.05, 4.69) is 32.9 Å². The summed E-state index contributed by atoms with van der Waals surface area (Å²) in [4.78, 5) is 0. The molecule has 2 atom stereocenters. The van der Waals surface area contributed by atoms with Gasteiger partial charge in [-0.1, -0.05) is 19.9 Å². The van der Waals surface area contributed by atoms with Crippen molar-refractivity contribution in [2.45, 2.75) is 32.7 Å². The average molecular weight is 205 g/mol. The fourth-order valence-electron chi connectivity index (χ4n) is 2.40. The van der Waals surface area contributed by atoms with Gasteiger partial charge in [-0.3, -0.25) is 0 Å². The quantitative estimate of drug-likeness (QED) is 0.805. The fourth-order valence-corrected chi connectivity index (χ4v) is 2.40. The molecule has 0 heterocycles. The summed E-state index contributed by atoms with van der Waals surface area (Å²) >= 11 is 0. The minimum Gasteiger partial charge on any atom is -0.497 e. The summed E-state index contributed by atoms with van der Waals surface area (Å²) in [6, 6.07) is 6.54. The third-order valence-corrected chi connectivity index (χ3v) is 3.72. The van der Waals surface area contributed by atoms with E-state index in [0.717, 1.165) is 5.75 Å².